The van der Waals surface area contributed by atoms with Crippen LogP contribution in [0.1, 0.15) is 36.4 Å². The van der Waals surface area contributed by atoms with Gasteiger partial charge < -0.3 is 19.9 Å². The number of guanidine groups is 1. The van der Waals surface area contributed by atoms with E-state index in [4.69, 9.17) is 4.52 Å². The van der Waals surface area contributed by atoms with Gasteiger partial charge in [0.25, 0.3) is 0 Å². The second kappa shape index (κ2) is 12.2. The zero-order valence-corrected chi connectivity index (χ0v) is 19.0. The van der Waals surface area contributed by atoms with Gasteiger partial charge >= 0.3 is 6.09 Å². The van der Waals surface area contributed by atoms with Crippen molar-refractivity contribution >= 4 is 41.7 Å². The normalized spacial score (nSPS) is 10.8. The van der Waals surface area contributed by atoms with Gasteiger partial charge in [0.2, 0.25) is 0 Å². The highest BCUT2D eigenvalue weighted by Crippen LogP contribution is 2.15. The maximum absolute atomic E-state index is 11.2. The third kappa shape index (κ3) is 6.70. The Hall–Kier alpha value is -2.30. The van der Waals surface area contributed by atoms with E-state index < -0.39 is 6.09 Å². The second-order valence-electron chi connectivity index (χ2n) is 5.83. The van der Waals surface area contributed by atoms with Gasteiger partial charge in [-0.2, -0.15) is 0 Å². The summed E-state index contributed by atoms with van der Waals surface area (Å²) in [6.45, 7) is 5.32. The molecule has 0 fully saturated rings. The van der Waals surface area contributed by atoms with Crippen molar-refractivity contribution in [2.24, 2.45) is 4.99 Å². The number of nitrogens with zero attached hydrogens (tertiary/aromatic N) is 2. The number of aromatic nitrogens is 1. The van der Waals surface area contributed by atoms with Crippen molar-refractivity contribution in [1.29, 1.82) is 0 Å². The minimum Gasteiger partial charge on any atom is -0.453 e. The zero-order chi connectivity index (χ0) is 19.6. The van der Waals surface area contributed by atoms with Gasteiger partial charge in [0.05, 0.1) is 12.8 Å². The van der Waals surface area contributed by atoms with E-state index in [-0.39, 0.29) is 24.0 Å². The Kier molecular flexibility index (Phi) is 10.4. The summed E-state index contributed by atoms with van der Waals surface area (Å²) in [5, 5.41) is 13.3. The molecule has 0 bridgehead atoms. The van der Waals surface area contributed by atoms with Crippen molar-refractivity contribution in [3.05, 3.63) is 46.8 Å². The van der Waals surface area contributed by atoms with Crippen LogP contribution in [0.3, 0.4) is 0 Å². The van der Waals surface area contributed by atoms with Crippen LogP contribution in [0.2, 0.25) is 0 Å². The number of carbonyl (C=O) groups is 1. The number of benzene rings is 1. The summed E-state index contributed by atoms with van der Waals surface area (Å²) in [5.41, 5.74) is 3.81. The number of rotatable bonds is 7. The van der Waals surface area contributed by atoms with E-state index in [1.54, 1.807) is 7.05 Å². The number of anilines is 1. The van der Waals surface area contributed by atoms with Crippen LogP contribution in [0.5, 0.6) is 0 Å². The van der Waals surface area contributed by atoms with Gasteiger partial charge in [-0.1, -0.05) is 31.1 Å². The molecule has 0 aliphatic rings. The Balaban J connectivity index is 0.00000392. The average molecular weight is 501 g/mol. The zero-order valence-electron chi connectivity index (χ0n) is 16.7. The fraction of sp³-hybridized carbons (Fsp3) is 0.421. The lowest BCUT2D eigenvalue weighted by atomic mass is 10.1. The predicted molar refractivity (Wildman–Crippen MR) is 120 cm³/mol. The Morgan fingerprint density at radius 2 is 1.82 bits per heavy atom. The maximum Gasteiger partial charge on any atom is 0.411 e. The molecule has 28 heavy (non-hydrogen) atoms. The first kappa shape index (κ1) is 23.7. The molecule has 0 saturated carbocycles. The Morgan fingerprint density at radius 3 is 2.39 bits per heavy atom. The molecule has 0 aliphatic heterocycles. The summed E-state index contributed by atoms with van der Waals surface area (Å²) >= 11 is 0. The maximum atomic E-state index is 11.2. The number of methoxy groups -OCH3 is 1. The first-order valence-electron chi connectivity index (χ1n) is 8.95. The highest BCUT2D eigenvalue weighted by atomic mass is 127. The molecule has 3 N–H and O–H groups in total. The molecule has 0 saturated heterocycles. The van der Waals surface area contributed by atoms with E-state index in [0.717, 1.165) is 35.4 Å². The molecule has 1 amide bonds. The molecular weight excluding hydrogens is 473 g/mol. The van der Waals surface area contributed by atoms with Crippen molar-refractivity contribution in [1.82, 2.24) is 15.8 Å². The van der Waals surface area contributed by atoms with E-state index in [0.29, 0.717) is 24.7 Å². The van der Waals surface area contributed by atoms with Gasteiger partial charge in [-0.25, -0.2) is 4.79 Å². The first-order valence-corrected chi connectivity index (χ1v) is 8.95. The first-order chi connectivity index (χ1) is 13.1. The summed E-state index contributed by atoms with van der Waals surface area (Å²) in [4.78, 5) is 15.5. The van der Waals surface area contributed by atoms with Gasteiger partial charge in [0, 0.05) is 37.8 Å². The smallest absolute Gasteiger partial charge is 0.411 e. The average Bonchev–Trinajstić information content (AvgIpc) is 3.11. The van der Waals surface area contributed by atoms with Crippen molar-refractivity contribution in [2.45, 2.75) is 39.8 Å². The van der Waals surface area contributed by atoms with Crippen molar-refractivity contribution in [2.75, 3.05) is 19.5 Å². The van der Waals surface area contributed by atoms with Gasteiger partial charge in [0.15, 0.2) is 5.96 Å². The van der Waals surface area contributed by atoms with Gasteiger partial charge in [-0.05, 0) is 24.1 Å². The molecule has 9 heteroatoms. The van der Waals surface area contributed by atoms with E-state index in [9.17, 15) is 4.79 Å². The number of hydrogen-bond acceptors (Lipinski definition) is 5. The lowest BCUT2D eigenvalue weighted by Gasteiger charge is -2.12. The monoisotopic (exact) mass is 501 g/mol. The molecule has 0 unspecified atom stereocenters. The highest BCUT2D eigenvalue weighted by molar-refractivity contribution is 14.0. The van der Waals surface area contributed by atoms with Crippen LogP contribution in [0.15, 0.2) is 33.8 Å². The van der Waals surface area contributed by atoms with Gasteiger partial charge in [-0.3, -0.25) is 10.3 Å². The summed E-state index contributed by atoms with van der Waals surface area (Å²) in [7, 11) is 3.06. The summed E-state index contributed by atoms with van der Waals surface area (Å²) < 4.78 is 9.96. The van der Waals surface area contributed by atoms with Gasteiger partial charge in [-0.15, -0.1) is 24.0 Å². The number of hydrogen-bond donors (Lipinski definition) is 3. The second-order valence-corrected chi connectivity index (χ2v) is 5.83. The molecule has 0 radical (unpaired) electrons. The van der Waals surface area contributed by atoms with E-state index in [1.807, 2.05) is 24.3 Å². The molecule has 8 nitrogen and oxygen atoms in total. The summed E-state index contributed by atoms with van der Waals surface area (Å²) in [6, 6.07) is 7.50. The quantitative estimate of drug-likeness (QED) is 0.305. The van der Waals surface area contributed by atoms with Gasteiger partial charge in [0.1, 0.15) is 5.76 Å². The lowest BCUT2D eigenvalue weighted by Crippen LogP contribution is -2.36. The van der Waals surface area contributed by atoms with Crippen LogP contribution >= 0.6 is 24.0 Å². The van der Waals surface area contributed by atoms with Crippen molar-refractivity contribution < 1.29 is 14.1 Å². The van der Waals surface area contributed by atoms with Crippen LogP contribution in [0, 0.1) is 0 Å². The minimum atomic E-state index is -0.489. The van der Waals surface area contributed by atoms with Crippen LogP contribution in [-0.2, 0) is 30.7 Å². The number of aliphatic imine (C=N–C) groups is 1. The third-order valence-corrected chi connectivity index (χ3v) is 4.11. The molecule has 2 rings (SSSR count). The number of carbonyl (C=O) groups excluding carboxylic acids is 1. The molecule has 0 atom stereocenters. The summed E-state index contributed by atoms with van der Waals surface area (Å²) in [6.07, 6.45) is 1.15. The Bertz CT molecular complexity index is 753. The third-order valence-electron chi connectivity index (χ3n) is 4.11. The number of ether oxygens (including phenoxy) is 1. The summed E-state index contributed by atoms with van der Waals surface area (Å²) in [5.74, 6) is 1.60. The van der Waals surface area contributed by atoms with Crippen LogP contribution < -0.4 is 16.0 Å². The molecule has 1 aromatic carbocycles. The van der Waals surface area contributed by atoms with E-state index in [1.165, 1.54) is 7.11 Å². The van der Waals surface area contributed by atoms with Crippen molar-refractivity contribution in [3.63, 3.8) is 0 Å². The molecule has 0 aliphatic carbocycles. The molecule has 1 aromatic heterocycles. The van der Waals surface area contributed by atoms with Crippen LogP contribution in [0.25, 0.3) is 0 Å². The SMILES string of the molecule is CCc1noc(CC)c1CNC(=NC)NCc1ccc(NC(=O)OC)cc1.I. The highest BCUT2D eigenvalue weighted by Gasteiger charge is 2.13. The minimum absolute atomic E-state index is 0. The standard InChI is InChI=1S/C19H27N5O3.HI/c1-5-16-15(17(6-2)27-24-16)12-22-18(20-3)21-11-13-7-9-14(10-8-13)23-19(25)26-4;/h7-10H,5-6,11-12H2,1-4H3,(H,23,25)(H2,20,21,22);1H. The molecule has 2 aromatic rings. The topological polar surface area (TPSA) is 101 Å². The van der Waals surface area contributed by atoms with E-state index in [2.05, 4.69) is 44.7 Å². The fourth-order valence-corrected chi connectivity index (χ4v) is 2.59. The van der Waals surface area contributed by atoms with E-state index >= 15 is 0 Å². The molecular formula is C19H28IN5O3. The number of halogens is 1. The predicted octanol–water partition coefficient (Wildman–Crippen LogP) is 3.46. The number of nitrogens with one attached hydrogen (secondary N) is 3. The molecule has 1 heterocycles. The fourth-order valence-electron chi connectivity index (χ4n) is 2.59. The molecule has 154 valence electrons. The number of aryl methyl sites for hydroxylation is 2. The van der Waals surface area contributed by atoms with Crippen LogP contribution in [-0.4, -0.2) is 31.4 Å². The Morgan fingerprint density at radius 1 is 1.14 bits per heavy atom. The number of amides is 1. The Labute approximate surface area is 182 Å². The van der Waals surface area contributed by atoms with Crippen molar-refractivity contribution in [3.8, 4) is 0 Å². The molecule has 0 spiro atoms. The largest absolute Gasteiger partial charge is 0.453 e. The lowest BCUT2D eigenvalue weighted by molar-refractivity contribution is 0.187. The van der Waals surface area contributed by atoms with Crippen LogP contribution in [0.4, 0.5) is 10.5 Å².